The SMILES string of the molecule is CS(=O)(=O)c1cccc(Cl)c1C1(N=C=O)CCC1. The van der Waals surface area contributed by atoms with Gasteiger partial charge in [-0.1, -0.05) is 17.7 Å². The summed E-state index contributed by atoms with van der Waals surface area (Å²) in [6.45, 7) is 0. The van der Waals surface area contributed by atoms with Gasteiger partial charge in [-0.15, -0.1) is 0 Å². The third kappa shape index (κ3) is 2.09. The fourth-order valence-electron chi connectivity index (χ4n) is 2.28. The Kier molecular flexibility index (Phi) is 3.32. The predicted octanol–water partition coefficient (Wildman–Crippen LogP) is 2.46. The van der Waals surface area contributed by atoms with Crippen LogP contribution in [-0.4, -0.2) is 20.8 Å². The van der Waals surface area contributed by atoms with E-state index < -0.39 is 15.4 Å². The zero-order valence-electron chi connectivity index (χ0n) is 9.81. The second-order valence-electron chi connectivity index (χ2n) is 4.47. The molecular formula is C12H12ClNO3S. The standard InChI is InChI=1S/C12H12ClNO3S/c1-18(16,17)10-5-2-4-9(13)11(10)12(14-8-15)6-3-7-12/h2,4-5H,3,6-7H2,1H3. The summed E-state index contributed by atoms with van der Waals surface area (Å²) in [5, 5.41) is 0.330. The monoisotopic (exact) mass is 285 g/mol. The Morgan fingerprint density at radius 1 is 1.39 bits per heavy atom. The molecule has 4 nitrogen and oxygen atoms in total. The van der Waals surface area contributed by atoms with Crippen LogP contribution < -0.4 is 0 Å². The van der Waals surface area contributed by atoms with Crippen LogP contribution in [0.1, 0.15) is 24.8 Å². The average molecular weight is 286 g/mol. The molecule has 18 heavy (non-hydrogen) atoms. The zero-order chi connectivity index (χ0) is 13.4. The van der Waals surface area contributed by atoms with Gasteiger partial charge in [0.1, 0.15) is 5.54 Å². The molecule has 0 heterocycles. The number of benzene rings is 1. The molecular weight excluding hydrogens is 274 g/mol. The van der Waals surface area contributed by atoms with Crippen LogP contribution in [0.4, 0.5) is 0 Å². The van der Waals surface area contributed by atoms with Gasteiger partial charge in [-0.05, 0) is 31.4 Å². The molecule has 0 aromatic heterocycles. The summed E-state index contributed by atoms with van der Waals surface area (Å²) < 4.78 is 23.6. The van der Waals surface area contributed by atoms with Crippen LogP contribution in [0.25, 0.3) is 0 Å². The Hall–Kier alpha value is -1.16. The molecule has 96 valence electrons. The molecule has 6 heteroatoms. The zero-order valence-corrected chi connectivity index (χ0v) is 11.4. The smallest absolute Gasteiger partial charge is 0.224 e. The molecule has 0 radical (unpaired) electrons. The minimum atomic E-state index is -3.41. The van der Waals surface area contributed by atoms with E-state index in [2.05, 4.69) is 4.99 Å². The van der Waals surface area contributed by atoms with Gasteiger partial charge in [0.15, 0.2) is 9.84 Å². The van der Waals surface area contributed by atoms with E-state index in [1.165, 1.54) is 12.1 Å². The van der Waals surface area contributed by atoms with Gasteiger partial charge in [-0.25, -0.2) is 13.2 Å². The van der Waals surface area contributed by atoms with E-state index in [-0.39, 0.29) is 4.90 Å². The van der Waals surface area contributed by atoms with Crippen molar-refractivity contribution >= 4 is 27.5 Å². The summed E-state index contributed by atoms with van der Waals surface area (Å²) in [6, 6.07) is 4.70. The molecule has 0 spiro atoms. The molecule has 0 bridgehead atoms. The molecule has 2 rings (SSSR count). The Balaban J connectivity index is 2.74. The number of carbonyl (C=O) groups excluding carboxylic acids is 1. The number of halogens is 1. The number of aliphatic imine (C=N–C) groups is 1. The fraction of sp³-hybridized carbons (Fsp3) is 0.417. The quantitative estimate of drug-likeness (QED) is 0.633. The van der Waals surface area contributed by atoms with Crippen LogP contribution in [-0.2, 0) is 20.2 Å². The van der Waals surface area contributed by atoms with Crippen LogP contribution >= 0.6 is 11.6 Å². The van der Waals surface area contributed by atoms with E-state index in [1.54, 1.807) is 12.1 Å². The van der Waals surface area contributed by atoms with Crippen molar-refractivity contribution in [2.45, 2.75) is 29.7 Å². The van der Waals surface area contributed by atoms with Crippen molar-refractivity contribution in [3.8, 4) is 0 Å². The van der Waals surface area contributed by atoms with Gasteiger partial charge in [0, 0.05) is 16.8 Å². The summed E-state index contributed by atoms with van der Waals surface area (Å²) >= 11 is 6.11. The van der Waals surface area contributed by atoms with E-state index >= 15 is 0 Å². The number of sulfone groups is 1. The molecule has 1 fully saturated rings. The first-order valence-corrected chi connectivity index (χ1v) is 7.76. The van der Waals surface area contributed by atoms with Crippen LogP contribution in [0.2, 0.25) is 5.02 Å². The molecule has 1 saturated carbocycles. The number of hydrogen-bond donors (Lipinski definition) is 0. The third-order valence-electron chi connectivity index (χ3n) is 3.28. The maximum atomic E-state index is 11.8. The minimum absolute atomic E-state index is 0.147. The van der Waals surface area contributed by atoms with Gasteiger partial charge in [-0.2, -0.15) is 4.99 Å². The molecule has 0 N–H and O–H groups in total. The lowest BCUT2D eigenvalue weighted by Gasteiger charge is -2.38. The molecule has 0 aliphatic heterocycles. The van der Waals surface area contributed by atoms with Gasteiger partial charge >= 0.3 is 0 Å². The fourth-order valence-corrected chi connectivity index (χ4v) is 3.68. The predicted molar refractivity (Wildman–Crippen MR) is 68.2 cm³/mol. The summed E-state index contributed by atoms with van der Waals surface area (Å²) in [4.78, 5) is 14.5. The van der Waals surface area contributed by atoms with Crippen LogP contribution in [0.15, 0.2) is 28.1 Å². The second-order valence-corrected chi connectivity index (χ2v) is 6.86. The van der Waals surface area contributed by atoms with E-state index in [0.717, 1.165) is 12.7 Å². The Labute approximate surface area is 111 Å². The molecule has 0 unspecified atom stereocenters. The first-order chi connectivity index (χ1) is 8.41. The first-order valence-electron chi connectivity index (χ1n) is 5.49. The van der Waals surface area contributed by atoms with E-state index in [0.29, 0.717) is 23.4 Å². The number of isocyanates is 1. The van der Waals surface area contributed by atoms with Gasteiger partial charge < -0.3 is 0 Å². The highest BCUT2D eigenvalue weighted by Crippen LogP contribution is 2.49. The molecule has 1 aliphatic rings. The number of rotatable bonds is 3. The van der Waals surface area contributed by atoms with Crippen molar-refractivity contribution in [3.63, 3.8) is 0 Å². The van der Waals surface area contributed by atoms with Gasteiger partial charge in [0.25, 0.3) is 0 Å². The molecule has 0 atom stereocenters. The molecule has 1 aliphatic carbocycles. The van der Waals surface area contributed by atoms with Crippen LogP contribution in [0.5, 0.6) is 0 Å². The molecule has 1 aromatic rings. The van der Waals surface area contributed by atoms with Crippen molar-refractivity contribution < 1.29 is 13.2 Å². The minimum Gasteiger partial charge on any atom is -0.224 e. The third-order valence-corrected chi connectivity index (χ3v) is 4.73. The normalized spacial score (nSPS) is 17.7. The van der Waals surface area contributed by atoms with E-state index in [4.69, 9.17) is 11.6 Å². The lowest BCUT2D eigenvalue weighted by atomic mass is 9.72. The van der Waals surface area contributed by atoms with Crippen molar-refractivity contribution in [1.82, 2.24) is 0 Å². The lowest BCUT2D eigenvalue weighted by molar-refractivity contribution is 0.251. The lowest BCUT2D eigenvalue weighted by Crippen LogP contribution is -2.34. The maximum absolute atomic E-state index is 11.8. The largest absolute Gasteiger partial charge is 0.235 e. The number of hydrogen-bond acceptors (Lipinski definition) is 4. The van der Waals surface area contributed by atoms with E-state index in [9.17, 15) is 13.2 Å². The highest BCUT2D eigenvalue weighted by atomic mass is 35.5. The summed E-state index contributed by atoms with van der Waals surface area (Å²) in [6.07, 6.45) is 4.79. The number of nitrogens with zero attached hydrogens (tertiary/aromatic N) is 1. The molecule has 1 aromatic carbocycles. The Bertz CT molecular complexity index is 629. The summed E-state index contributed by atoms with van der Waals surface area (Å²) in [5.41, 5.74) is -0.373. The van der Waals surface area contributed by atoms with E-state index in [1.807, 2.05) is 0 Å². The summed E-state index contributed by atoms with van der Waals surface area (Å²) in [5.74, 6) is 0. The molecule has 0 amide bonds. The highest BCUT2D eigenvalue weighted by molar-refractivity contribution is 7.90. The van der Waals surface area contributed by atoms with Crippen LogP contribution in [0, 0.1) is 0 Å². The Morgan fingerprint density at radius 2 is 2.06 bits per heavy atom. The van der Waals surface area contributed by atoms with Crippen molar-refractivity contribution in [3.05, 3.63) is 28.8 Å². The van der Waals surface area contributed by atoms with Crippen molar-refractivity contribution in [1.29, 1.82) is 0 Å². The van der Waals surface area contributed by atoms with Gasteiger partial charge in [0.05, 0.1) is 4.90 Å². The average Bonchev–Trinajstić information content (AvgIpc) is 2.22. The second kappa shape index (κ2) is 4.50. The maximum Gasteiger partial charge on any atom is 0.235 e. The van der Waals surface area contributed by atoms with Crippen molar-refractivity contribution in [2.75, 3.05) is 6.26 Å². The van der Waals surface area contributed by atoms with Crippen molar-refractivity contribution in [2.24, 2.45) is 4.99 Å². The first kappa shape index (κ1) is 13.3. The van der Waals surface area contributed by atoms with Gasteiger partial charge in [0.2, 0.25) is 6.08 Å². The molecule has 0 saturated heterocycles. The highest BCUT2D eigenvalue weighted by Gasteiger charge is 2.43. The summed E-state index contributed by atoms with van der Waals surface area (Å²) in [7, 11) is -3.41. The topological polar surface area (TPSA) is 63.6 Å². The van der Waals surface area contributed by atoms with Gasteiger partial charge in [-0.3, -0.25) is 0 Å². The Morgan fingerprint density at radius 3 is 2.50 bits per heavy atom. The van der Waals surface area contributed by atoms with Crippen LogP contribution in [0.3, 0.4) is 0 Å².